The van der Waals surface area contributed by atoms with Gasteiger partial charge in [0.25, 0.3) is 5.56 Å². The van der Waals surface area contributed by atoms with Crippen molar-refractivity contribution in [2.45, 2.75) is 31.8 Å². The predicted molar refractivity (Wildman–Crippen MR) is 78.8 cm³/mol. The number of pyridine rings is 2. The molecule has 2 aromatic heterocycles. The van der Waals surface area contributed by atoms with Gasteiger partial charge >= 0.3 is 0 Å². The number of hydrogen-bond acceptors (Lipinski definition) is 3. The molecule has 3 rings (SSSR count). The van der Waals surface area contributed by atoms with E-state index in [4.69, 9.17) is 0 Å². The molecular formula is C16H19N3O. The normalized spacial score (nSPS) is 17.8. The summed E-state index contributed by atoms with van der Waals surface area (Å²) in [5.41, 5.74) is 3.58. The molecule has 1 N–H and O–H groups in total. The van der Waals surface area contributed by atoms with E-state index < -0.39 is 0 Å². The molecule has 0 aromatic carbocycles. The largest absolute Gasteiger partial charge is 0.313 e. The lowest BCUT2D eigenvalue weighted by atomic mass is 9.91. The lowest BCUT2D eigenvalue weighted by molar-refractivity contribution is 0.473. The van der Waals surface area contributed by atoms with Gasteiger partial charge < -0.3 is 9.88 Å². The Bertz CT molecular complexity index is 649. The topological polar surface area (TPSA) is 46.9 Å². The monoisotopic (exact) mass is 269 g/mol. The second-order valence-electron chi connectivity index (χ2n) is 5.25. The van der Waals surface area contributed by atoms with Gasteiger partial charge in [-0.1, -0.05) is 12.1 Å². The smallest absolute Gasteiger partial charge is 0.251 e. The van der Waals surface area contributed by atoms with Crippen LogP contribution in [0.15, 0.2) is 41.5 Å². The minimum atomic E-state index is 0.0735. The summed E-state index contributed by atoms with van der Waals surface area (Å²) in [5.74, 6) is 0. The van der Waals surface area contributed by atoms with Crippen molar-refractivity contribution in [2.24, 2.45) is 0 Å². The van der Waals surface area contributed by atoms with Gasteiger partial charge in [-0.2, -0.15) is 0 Å². The summed E-state index contributed by atoms with van der Waals surface area (Å²) in [6.07, 6.45) is 6.81. The molecule has 1 atom stereocenters. The molecule has 104 valence electrons. The minimum absolute atomic E-state index is 0.0735. The molecule has 20 heavy (non-hydrogen) atoms. The van der Waals surface area contributed by atoms with E-state index in [1.807, 2.05) is 36.0 Å². The third-order valence-electron chi connectivity index (χ3n) is 4.02. The molecule has 0 amide bonds. The zero-order chi connectivity index (χ0) is 13.9. The number of hydrogen-bond donors (Lipinski definition) is 1. The van der Waals surface area contributed by atoms with Crippen LogP contribution >= 0.6 is 0 Å². The molecular weight excluding hydrogens is 250 g/mol. The molecule has 0 bridgehead atoms. The van der Waals surface area contributed by atoms with Crippen LogP contribution in [0.25, 0.3) is 0 Å². The molecule has 0 saturated heterocycles. The van der Waals surface area contributed by atoms with Crippen LogP contribution in [0, 0.1) is 0 Å². The molecule has 2 aromatic rings. The Morgan fingerprint density at radius 1 is 1.40 bits per heavy atom. The minimum Gasteiger partial charge on any atom is -0.313 e. The molecule has 0 radical (unpaired) electrons. The van der Waals surface area contributed by atoms with E-state index in [2.05, 4.69) is 10.3 Å². The van der Waals surface area contributed by atoms with Crippen LogP contribution in [0.3, 0.4) is 0 Å². The van der Waals surface area contributed by atoms with Crippen molar-refractivity contribution in [2.75, 3.05) is 7.05 Å². The second-order valence-corrected chi connectivity index (χ2v) is 5.25. The van der Waals surface area contributed by atoms with E-state index in [0.29, 0.717) is 12.6 Å². The Kier molecular flexibility index (Phi) is 3.65. The van der Waals surface area contributed by atoms with Crippen molar-refractivity contribution >= 4 is 0 Å². The first-order valence-corrected chi connectivity index (χ1v) is 7.08. The van der Waals surface area contributed by atoms with Crippen LogP contribution in [-0.4, -0.2) is 16.6 Å². The van der Waals surface area contributed by atoms with Crippen LogP contribution < -0.4 is 10.9 Å². The highest BCUT2D eigenvalue weighted by Crippen LogP contribution is 2.28. The lowest BCUT2D eigenvalue weighted by Crippen LogP contribution is -2.30. The maximum atomic E-state index is 12.2. The fraction of sp³-hybridized carbons (Fsp3) is 0.375. The van der Waals surface area contributed by atoms with Crippen LogP contribution in [0.4, 0.5) is 0 Å². The van der Waals surface area contributed by atoms with Crippen molar-refractivity contribution < 1.29 is 0 Å². The molecule has 1 aliphatic carbocycles. The summed E-state index contributed by atoms with van der Waals surface area (Å²) in [4.78, 5) is 16.3. The van der Waals surface area contributed by atoms with Crippen LogP contribution in [0.2, 0.25) is 0 Å². The first kappa shape index (κ1) is 13.1. The highest BCUT2D eigenvalue weighted by molar-refractivity contribution is 5.28. The molecule has 4 heteroatoms. The molecule has 1 unspecified atom stereocenters. The first-order valence-electron chi connectivity index (χ1n) is 7.08. The maximum Gasteiger partial charge on any atom is 0.251 e. The lowest BCUT2D eigenvalue weighted by Gasteiger charge is -2.27. The maximum absolute atomic E-state index is 12.2. The fourth-order valence-electron chi connectivity index (χ4n) is 3.01. The van der Waals surface area contributed by atoms with Gasteiger partial charge in [0.05, 0.1) is 6.54 Å². The van der Waals surface area contributed by atoms with Gasteiger partial charge in [0.2, 0.25) is 0 Å². The summed E-state index contributed by atoms with van der Waals surface area (Å²) in [6, 6.07) is 7.95. The van der Waals surface area contributed by atoms with Crippen LogP contribution in [0.1, 0.15) is 35.7 Å². The zero-order valence-corrected chi connectivity index (χ0v) is 11.7. The van der Waals surface area contributed by atoms with Gasteiger partial charge in [-0.25, -0.2) is 0 Å². The van der Waals surface area contributed by atoms with E-state index in [-0.39, 0.29) is 5.56 Å². The van der Waals surface area contributed by atoms with E-state index in [1.54, 1.807) is 12.3 Å². The van der Waals surface area contributed by atoms with Gasteiger partial charge in [-0.3, -0.25) is 9.78 Å². The second kappa shape index (κ2) is 5.59. The van der Waals surface area contributed by atoms with E-state index >= 15 is 0 Å². The molecule has 0 aliphatic heterocycles. The van der Waals surface area contributed by atoms with Gasteiger partial charge in [0, 0.05) is 30.2 Å². The summed E-state index contributed by atoms with van der Waals surface area (Å²) < 4.78 is 1.90. The molecule has 4 nitrogen and oxygen atoms in total. The van der Waals surface area contributed by atoms with Gasteiger partial charge in [0.15, 0.2) is 0 Å². The summed E-state index contributed by atoms with van der Waals surface area (Å²) in [5, 5.41) is 3.34. The Balaban J connectivity index is 2.04. The van der Waals surface area contributed by atoms with Crippen molar-refractivity contribution in [1.29, 1.82) is 0 Å². The van der Waals surface area contributed by atoms with Crippen LogP contribution in [0.5, 0.6) is 0 Å². The molecule has 0 fully saturated rings. The predicted octanol–water partition coefficient (Wildman–Crippen LogP) is 1.89. The van der Waals surface area contributed by atoms with Crippen molar-refractivity contribution in [3.8, 4) is 0 Å². The van der Waals surface area contributed by atoms with Crippen molar-refractivity contribution in [3.05, 3.63) is 63.8 Å². The third-order valence-corrected chi connectivity index (χ3v) is 4.02. The number of aromatic nitrogens is 2. The standard InChI is InChI=1S/C16H19N3O/c1-17-14-5-2-6-15-13(14)7-8-16(20)19(15)11-12-4-3-9-18-10-12/h3-4,7-10,14,17H,2,5-6,11H2,1H3. The number of fused-ring (bicyclic) bond motifs is 1. The van der Waals surface area contributed by atoms with E-state index in [0.717, 1.165) is 24.8 Å². The Morgan fingerprint density at radius 3 is 3.05 bits per heavy atom. The average Bonchev–Trinajstić information content (AvgIpc) is 2.50. The molecule has 1 aliphatic rings. The zero-order valence-electron chi connectivity index (χ0n) is 11.7. The highest BCUT2D eigenvalue weighted by Gasteiger charge is 2.21. The Labute approximate surface area is 118 Å². The highest BCUT2D eigenvalue weighted by atomic mass is 16.1. The summed E-state index contributed by atoms with van der Waals surface area (Å²) in [6.45, 7) is 0.603. The quantitative estimate of drug-likeness (QED) is 0.925. The van der Waals surface area contributed by atoms with Crippen molar-refractivity contribution in [1.82, 2.24) is 14.9 Å². The van der Waals surface area contributed by atoms with Crippen molar-refractivity contribution in [3.63, 3.8) is 0 Å². The number of rotatable bonds is 3. The van der Waals surface area contributed by atoms with Gasteiger partial charge in [0.1, 0.15) is 0 Å². The molecule has 0 saturated carbocycles. The fourth-order valence-corrected chi connectivity index (χ4v) is 3.01. The number of nitrogens with one attached hydrogen (secondary N) is 1. The van der Waals surface area contributed by atoms with Gasteiger partial charge in [-0.05, 0) is 43.5 Å². The van der Waals surface area contributed by atoms with Gasteiger partial charge in [-0.15, -0.1) is 0 Å². The third kappa shape index (κ3) is 2.39. The Hall–Kier alpha value is -1.94. The molecule has 2 heterocycles. The average molecular weight is 269 g/mol. The van der Waals surface area contributed by atoms with E-state index in [9.17, 15) is 4.79 Å². The summed E-state index contributed by atoms with van der Waals surface area (Å²) >= 11 is 0. The van der Waals surface area contributed by atoms with Crippen LogP contribution in [-0.2, 0) is 13.0 Å². The molecule has 0 spiro atoms. The Morgan fingerprint density at radius 2 is 2.30 bits per heavy atom. The SMILES string of the molecule is CNC1CCCc2c1ccc(=O)n2Cc1cccnc1. The van der Waals surface area contributed by atoms with E-state index in [1.165, 1.54) is 11.3 Å². The number of nitrogens with zero attached hydrogens (tertiary/aromatic N) is 2. The first-order chi connectivity index (χ1) is 9.79. The summed E-state index contributed by atoms with van der Waals surface area (Å²) in [7, 11) is 1.98.